The second-order valence-corrected chi connectivity index (χ2v) is 18.3. The second kappa shape index (κ2) is 25.5. The van der Waals surface area contributed by atoms with Crippen LogP contribution in [0.25, 0.3) is 0 Å². The molecule has 4 atom stereocenters. The van der Waals surface area contributed by atoms with Crippen LogP contribution in [0.2, 0.25) is 0 Å². The lowest BCUT2D eigenvalue weighted by atomic mass is 9.91. The normalized spacial score (nSPS) is 17.2. The molecule has 4 aromatic carbocycles. The molecule has 1 N–H and O–H groups in total. The molecule has 0 aliphatic carbocycles. The average Bonchev–Trinajstić information content (AvgIpc) is 3.68. The van der Waals surface area contributed by atoms with Gasteiger partial charge in [-0.25, -0.2) is 4.79 Å². The molecule has 0 aromatic heterocycles. The molecule has 18 heteroatoms. The largest absolute Gasteiger partial charge is 0.496 e. The number of hydrogen-bond acceptors (Lipinski definition) is 15. The topological polar surface area (TPSA) is 212 Å². The van der Waals surface area contributed by atoms with Crippen molar-refractivity contribution in [1.82, 2.24) is 15.1 Å². The first-order valence-corrected chi connectivity index (χ1v) is 25.0. The Bertz CT molecular complexity index is 2680. The minimum absolute atomic E-state index is 0.0159. The number of imide groups is 2. The predicted octanol–water partition coefficient (Wildman–Crippen LogP) is 7.05. The zero-order chi connectivity index (χ0) is 52.9. The number of methoxy groups -OCH3 is 4. The van der Waals surface area contributed by atoms with E-state index in [9.17, 15) is 33.6 Å². The van der Waals surface area contributed by atoms with E-state index >= 15 is 0 Å². The summed E-state index contributed by atoms with van der Waals surface area (Å²) in [5.41, 5.74) is 3.40. The Labute approximate surface area is 430 Å². The molecule has 2 saturated heterocycles. The van der Waals surface area contributed by atoms with E-state index in [0.29, 0.717) is 73.0 Å². The highest BCUT2D eigenvalue weighted by molar-refractivity contribution is 6.24. The van der Waals surface area contributed by atoms with Crippen molar-refractivity contribution in [2.24, 2.45) is 0 Å². The maximum Gasteiger partial charge on any atom is 0.329 e. The van der Waals surface area contributed by atoms with E-state index in [4.69, 9.17) is 37.9 Å². The van der Waals surface area contributed by atoms with Gasteiger partial charge in [0.25, 0.3) is 11.8 Å². The number of carbonyl (C=O) groups is 7. The van der Waals surface area contributed by atoms with Gasteiger partial charge in [-0.15, -0.1) is 0 Å². The summed E-state index contributed by atoms with van der Waals surface area (Å²) in [6.07, 6.45) is 3.39. The summed E-state index contributed by atoms with van der Waals surface area (Å²) in [5, 5.41) is 2.18. The van der Waals surface area contributed by atoms with Crippen LogP contribution in [-0.4, -0.2) is 125 Å². The quantitative estimate of drug-likeness (QED) is 0.0401. The number of nitrogens with zero attached hydrogens (tertiary/aromatic N) is 2. The minimum Gasteiger partial charge on any atom is -0.496 e. The molecule has 0 radical (unpaired) electrons. The number of benzene rings is 4. The summed E-state index contributed by atoms with van der Waals surface area (Å²) < 4.78 is 46.0. The molecule has 5 amide bonds. The first-order valence-electron chi connectivity index (χ1n) is 25.0. The van der Waals surface area contributed by atoms with Crippen LogP contribution < -0.4 is 33.7 Å². The van der Waals surface area contributed by atoms with E-state index in [0.717, 1.165) is 34.4 Å². The molecule has 0 spiro atoms. The first kappa shape index (κ1) is 54.3. The van der Waals surface area contributed by atoms with E-state index < -0.39 is 53.7 Å². The number of hydrogen-bond donors (Lipinski definition) is 1. The van der Waals surface area contributed by atoms with E-state index in [1.54, 1.807) is 57.6 Å². The number of amides is 5. The minimum atomic E-state index is -1.09. The number of fused-ring (bicyclic) bond motifs is 1. The van der Waals surface area contributed by atoms with Crippen molar-refractivity contribution in [3.05, 3.63) is 106 Å². The van der Waals surface area contributed by atoms with Crippen LogP contribution in [-0.2, 0) is 39.9 Å². The Hall–Kier alpha value is -7.47. The average molecular weight is 1020 g/mol. The van der Waals surface area contributed by atoms with Gasteiger partial charge in [0.2, 0.25) is 17.7 Å². The monoisotopic (exact) mass is 1020 g/mol. The molecule has 3 aliphatic heterocycles. The number of likely N-dealkylation sites (tertiary alicyclic amines) is 1. The molecule has 4 aromatic rings. The SMILES string of the molecule is CC[C@H](C(=O)N1CCCC[C@H]1C(=O)O[C@H](CCc1ccc(OC)c(OC)c1)c1ccc(OCC(=O)CCCOCCOc2cccc3c2C(=O)N(C2CCC(=O)NC2=O)C3=O)cc1)c1cc(OC)c(C)c(OC)c1. The fourth-order valence-electron chi connectivity index (χ4n) is 9.65. The number of rotatable bonds is 25. The third-order valence-corrected chi connectivity index (χ3v) is 13.7. The van der Waals surface area contributed by atoms with Gasteiger partial charge < -0.3 is 42.8 Å². The predicted molar refractivity (Wildman–Crippen MR) is 269 cm³/mol. The van der Waals surface area contributed by atoms with E-state index in [1.165, 1.54) is 6.07 Å². The fraction of sp³-hybridized carbons (Fsp3) is 0.446. The van der Waals surface area contributed by atoms with Crippen molar-refractivity contribution < 1.29 is 71.5 Å². The molecule has 2 fully saturated rings. The molecular formula is C56H65N3O15. The van der Waals surface area contributed by atoms with E-state index in [-0.39, 0.29) is 74.3 Å². The molecule has 74 heavy (non-hydrogen) atoms. The lowest BCUT2D eigenvalue weighted by molar-refractivity contribution is -0.162. The van der Waals surface area contributed by atoms with Crippen LogP contribution in [0.1, 0.15) is 120 Å². The Morgan fingerprint density at radius 3 is 2.16 bits per heavy atom. The number of Topliss-reactive ketones (excluding diaryl/α,β-unsaturated/α-hetero) is 1. The van der Waals surface area contributed by atoms with Crippen LogP contribution in [0.5, 0.6) is 34.5 Å². The van der Waals surface area contributed by atoms with Gasteiger partial charge in [0.05, 0.1) is 52.1 Å². The van der Waals surface area contributed by atoms with Crippen molar-refractivity contribution in [2.45, 2.75) is 102 Å². The zero-order valence-electron chi connectivity index (χ0n) is 42.9. The number of nitrogens with one attached hydrogen (secondary N) is 1. The first-order chi connectivity index (χ1) is 35.8. The number of ether oxygens (including phenoxy) is 8. The van der Waals surface area contributed by atoms with Gasteiger partial charge >= 0.3 is 5.97 Å². The summed E-state index contributed by atoms with van der Waals surface area (Å²) in [7, 11) is 6.31. The standard InChI is InChI=1S/C56H65N3O15/c1-7-40(37-31-47(68-4)34(2)48(32-37)69-5)53(63)58-26-9-8-14-43(58)56(66)74-44(23-16-35-17-24-45(67-3)49(30-35)70-6)36-18-20-39(21-19-36)73-33-38(60)12-11-27-71-28-29-72-46-15-10-13-41-51(46)55(65)59(54(41)64)42-22-25-50(61)57-52(42)62/h10,13,15,17-21,24,30-32,40,42-44H,7-9,11-12,14,16,22-23,25-29,33H2,1-6H3,(H,57,61,62)/t40-,42?,43-,44+/m0/s1. The molecule has 394 valence electrons. The zero-order valence-corrected chi connectivity index (χ0v) is 42.9. The number of aryl methyl sites for hydroxylation is 1. The second-order valence-electron chi connectivity index (χ2n) is 18.3. The highest BCUT2D eigenvalue weighted by atomic mass is 16.5. The van der Waals surface area contributed by atoms with Crippen LogP contribution in [0.4, 0.5) is 0 Å². The third kappa shape index (κ3) is 12.6. The third-order valence-electron chi connectivity index (χ3n) is 13.7. The van der Waals surface area contributed by atoms with Crippen LogP contribution in [0.3, 0.4) is 0 Å². The number of esters is 1. The van der Waals surface area contributed by atoms with Gasteiger partial charge in [-0.05, 0) is 124 Å². The highest BCUT2D eigenvalue weighted by Gasteiger charge is 2.46. The molecule has 3 aliphatic rings. The fourth-order valence-corrected chi connectivity index (χ4v) is 9.65. The smallest absolute Gasteiger partial charge is 0.329 e. The summed E-state index contributed by atoms with van der Waals surface area (Å²) in [4.78, 5) is 94.7. The van der Waals surface area contributed by atoms with E-state index in [1.807, 2.05) is 56.3 Å². The van der Waals surface area contributed by atoms with Crippen molar-refractivity contribution >= 4 is 41.3 Å². The van der Waals surface area contributed by atoms with Gasteiger partial charge in [-0.3, -0.25) is 39.0 Å². The van der Waals surface area contributed by atoms with Crippen LogP contribution in [0, 0.1) is 6.92 Å². The van der Waals surface area contributed by atoms with Crippen molar-refractivity contribution in [3.63, 3.8) is 0 Å². The van der Waals surface area contributed by atoms with Gasteiger partial charge in [-0.2, -0.15) is 0 Å². The Kier molecular flexibility index (Phi) is 18.7. The van der Waals surface area contributed by atoms with Crippen molar-refractivity contribution in [2.75, 3.05) is 61.4 Å². The molecule has 7 rings (SSSR count). The van der Waals surface area contributed by atoms with Crippen molar-refractivity contribution in [3.8, 4) is 34.5 Å². The van der Waals surface area contributed by atoms with Gasteiger partial charge in [0.15, 0.2) is 17.3 Å². The lowest BCUT2D eigenvalue weighted by Crippen LogP contribution is -2.54. The number of carbonyl (C=O) groups excluding carboxylic acids is 7. The number of ketones is 1. The van der Waals surface area contributed by atoms with Gasteiger partial charge in [0.1, 0.15) is 54.4 Å². The maximum atomic E-state index is 14.4. The molecule has 18 nitrogen and oxygen atoms in total. The molecular weight excluding hydrogens is 955 g/mol. The highest BCUT2D eigenvalue weighted by Crippen LogP contribution is 2.38. The molecule has 1 unspecified atom stereocenters. The Morgan fingerprint density at radius 1 is 0.743 bits per heavy atom. The van der Waals surface area contributed by atoms with Crippen molar-refractivity contribution in [1.29, 1.82) is 0 Å². The molecule has 0 bridgehead atoms. The number of piperidine rings is 2. The van der Waals surface area contributed by atoms with E-state index in [2.05, 4.69) is 5.32 Å². The summed E-state index contributed by atoms with van der Waals surface area (Å²) in [6, 6.07) is 19.2. The summed E-state index contributed by atoms with van der Waals surface area (Å²) >= 11 is 0. The van der Waals surface area contributed by atoms with Crippen LogP contribution in [0.15, 0.2) is 72.8 Å². The molecule has 0 saturated carbocycles. The maximum absolute atomic E-state index is 14.4. The Balaban J connectivity index is 0.922. The molecule has 3 heterocycles. The van der Waals surface area contributed by atoms with Gasteiger partial charge in [0, 0.05) is 31.6 Å². The summed E-state index contributed by atoms with van der Waals surface area (Å²) in [6.45, 7) is 4.54. The van der Waals surface area contributed by atoms with Gasteiger partial charge in [-0.1, -0.05) is 31.2 Å². The summed E-state index contributed by atoms with van der Waals surface area (Å²) in [5.74, 6) is -0.742. The lowest BCUT2D eigenvalue weighted by Gasteiger charge is -2.37. The Morgan fingerprint density at radius 2 is 1.47 bits per heavy atom. The van der Waals surface area contributed by atoms with Crippen LogP contribution >= 0.6 is 0 Å².